The molecule has 0 aliphatic heterocycles. The first-order chi connectivity index (χ1) is 6.63. The summed E-state index contributed by atoms with van der Waals surface area (Å²) >= 11 is 0. The zero-order chi connectivity index (χ0) is 12.3. The van der Waals surface area contributed by atoms with E-state index in [1.54, 1.807) is 0 Å². The third-order valence-corrected chi connectivity index (χ3v) is 1.35. The molecule has 15 heavy (non-hydrogen) atoms. The number of aliphatic hydroxyl groups is 2. The number of carbonyl (C=O) groups is 1. The Hall–Kier alpha value is -0.960. The van der Waals surface area contributed by atoms with Crippen LogP contribution in [0.4, 0.5) is 22.0 Å². The maximum atomic E-state index is 12.2. The Balaban J connectivity index is 4.33. The minimum Gasteiger partial charge on any atom is -0.394 e. The first-order valence-corrected chi connectivity index (χ1v) is 3.64. The first kappa shape index (κ1) is 14.0. The molecule has 0 heterocycles. The number of amides is 1. The van der Waals surface area contributed by atoms with Crippen molar-refractivity contribution in [2.45, 2.75) is 18.2 Å². The molecule has 90 valence electrons. The van der Waals surface area contributed by atoms with Gasteiger partial charge in [0, 0.05) is 6.54 Å². The first-order valence-electron chi connectivity index (χ1n) is 3.64. The van der Waals surface area contributed by atoms with Gasteiger partial charge in [0.1, 0.15) is 0 Å². The van der Waals surface area contributed by atoms with Crippen molar-refractivity contribution < 1.29 is 37.0 Å². The quantitative estimate of drug-likeness (QED) is 0.585. The Morgan fingerprint density at radius 1 is 1.27 bits per heavy atom. The van der Waals surface area contributed by atoms with Gasteiger partial charge >= 0.3 is 12.1 Å². The molecule has 0 fully saturated rings. The summed E-state index contributed by atoms with van der Waals surface area (Å²) in [5, 5.41) is 17.9. The van der Waals surface area contributed by atoms with Gasteiger partial charge in [-0.1, -0.05) is 0 Å². The van der Waals surface area contributed by atoms with Crippen molar-refractivity contribution in [1.82, 2.24) is 5.32 Å². The highest BCUT2D eigenvalue weighted by atomic mass is 19.4. The molecule has 0 aromatic carbocycles. The average Bonchev–Trinajstić information content (AvgIpc) is 2.11. The van der Waals surface area contributed by atoms with Crippen molar-refractivity contribution in [2.75, 3.05) is 13.2 Å². The van der Waals surface area contributed by atoms with Crippen LogP contribution in [0.3, 0.4) is 0 Å². The van der Waals surface area contributed by atoms with Crippen molar-refractivity contribution in [3.05, 3.63) is 0 Å². The van der Waals surface area contributed by atoms with Gasteiger partial charge in [-0.15, -0.1) is 0 Å². The summed E-state index contributed by atoms with van der Waals surface area (Å²) in [6, 6.07) is 0. The summed E-state index contributed by atoms with van der Waals surface area (Å²) < 4.78 is 59.1. The molecule has 0 aromatic heterocycles. The molecule has 1 amide bonds. The highest BCUT2D eigenvalue weighted by molar-refractivity contribution is 5.84. The second kappa shape index (κ2) is 4.71. The normalized spacial score (nSPS) is 14.9. The van der Waals surface area contributed by atoms with E-state index < -0.39 is 37.3 Å². The van der Waals surface area contributed by atoms with E-state index in [1.165, 1.54) is 0 Å². The molecule has 1 unspecified atom stereocenters. The van der Waals surface area contributed by atoms with E-state index in [9.17, 15) is 26.7 Å². The standard InChI is InChI=1S/C6H8F5NO3/c7-5(8,6(9,10)11)4(15)12-1-3(14)2-13/h3,13-14H,1-2H2,(H,12,15). The van der Waals surface area contributed by atoms with Crippen molar-refractivity contribution in [1.29, 1.82) is 0 Å². The van der Waals surface area contributed by atoms with Crippen LogP contribution in [0.5, 0.6) is 0 Å². The van der Waals surface area contributed by atoms with Crippen LogP contribution < -0.4 is 5.32 Å². The van der Waals surface area contributed by atoms with Gasteiger partial charge in [0.2, 0.25) is 0 Å². The lowest BCUT2D eigenvalue weighted by molar-refractivity contribution is -0.269. The van der Waals surface area contributed by atoms with Gasteiger partial charge in [0.15, 0.2) is 0 Å². The second-order valence-electron chi connectivity index (χ2n) is 2.62. The number of nitrogens with one attached hydrogen (secondary N) is 1. The van der Waals surface area contributed by atoms with E-state index in [0.29, 0.717) is 0 Å². The fourth-order valence-electron chi connectivity index (χ4n) is 0.515. The molecule has 9 heteroatoms. The van der Waals surface area contributed by atoms with Gasteiger partial charge in [-0.3, -0.25) is 4.79 Å². The largest absolute Gasteiger partial charge is 0.463 e. The average molecular weight is 237 g/mol. The molecule has 0 saturated carbocycles. The number of carbonyl (C=O) groups excluding carboxylic acids is 1. The third-order valence-electron chi connectivity index (χ3n) is 1.35. The molecule has 0 aliphatic rings. The van der Waals surface area contributed by atoms with Crippen molar-refractivity contribution >= 4 is 5.91 Å². The van der Waals surface area contributed by atoms with Crippen LogP contribution in [0, 0.1) is 0 Å². The van der Waals surface area contributed by atoms with E-state index >= 15 is 0 Å². The number of hydrogen-bond donors (Lipinski definition) is 3. The van der Waals surface area contributed by atoms with Crippen LogP contribution in [-0.4, -0.2) is 47.5 Å². The van der Waals surface area contributed by atoms with Gasteiger partial charge in [0.25, 0.3) is 5.91 Å². The molecule has 0 rings (SSSR count). The van der Waals surface area contributed by atoms with Crippen LogP contribution in [0.25, 0.3) is 0 Å². The molecular formula is C6H8F5NO3. The highest BCUT2D eigenvalue weighted by Gasteiger charge is 2.63. The number of rotatable bonds is 4. The SMILES string of the molecule is O=C(NCC(O)CO)C(F)(F)C(F)(F)F. The molecule has 0 spiro atoms. The predicted molar refractivity (Wildman–Crippen MR) is 37.1 cm³/mol. The Morgan fingerprint density at radius 2 is 1.73 bits per heavy atom. The molecule has 0 radical (unpaired) electrons. The van der Waals surface area contributed by atoms with Gasteiger partial charge in [-0.2, -0.15) is 22.0 Å². The maximum absolute atomic E-state index is 12.2. The number of alkyl halides is 5. The molecular weight excluding hydrogens is 229 g/mol. The van der Waals surface area contributed by atoms with E-state index in [-0.39, 0.29) is 0 Å². The number of hydrogen-bond acceptors (Lipinski definition) is 3. The lowest BCUT2D eigenvalue weighted by atomic mass is 10.3. The van der Waals surface area contributed by atoms with Crippen LogP contribution in [0.1, 0.15) is 0 Å². The Labute approximate surface area is 80.7 Å². The van der Waals surface area contributed by atoms with Crippen LogP contribution >= 0.6 is 0 Å². The monoisotopic (exact) mass is 237 g/mol. The Kier molecular flexibility index (Phi) is 4.41. The summed E-state index contributed by atoms with van der Waals surface area (Å²) in [5.41, 5.74) is 0. The topological polar surface area (TPSA) is 69.6 Å². The van der Waals surface area contributed by atoms with Crippen LogP contribution in [-0.2, 0) is 4.79 Å². The van der Waals surface area contributed by atoms with Gasteiger partial charge in [-0.25, -0.2) is 0 Å². The van der Waals surface area contributed by atoms with Crippen LogP contribution in [0.2, 0.25) is 0 Å². The minimum absolute atomic E-state index is 0.863. The minimum atomic E-state index is -5.98. The van der Waals surface area contributed by atoms with E-state index in [0.717, 1.165) is 5.32 Å². The van der Waals surface area contributed by atoms with Crippen molar-refractivity contribution in [3.8, 4) is 0 Å². The molecule has 0 bridgehead atoms. The molecule has 3 N–H and O–H groups in total. The smallest absolute Gasteiger partial charge is 0.394 e. The van der Waals surface area contributed by atoms with Gasteiger partial charge in [0.05, 0.1) is 12.7 Å². The van der Waals surface area contributed by atoms with E-state index in [1.807, 2.05) is 0 Å². The van der Waals surface area contributed by atoms with E-state index in [2.05, 4.69) is 0 Å². The van der Waals surface area contributed by atoms with Crippen molar-refractivity contribution in [2.24, 2.45) is 0 Å². The Morgan fingerprint density at radius 3 is 2.07 bits per heavy atom. The number of aliphatic hydroxyl groups excluding tert-OH is 2. The summed E-state index contributed by atoms with van der Waals surface area (Å²) in [6.07, 6.45) is -7.57. The van der Waals surface area contributed by atoms with E-state index in [4.69, 9.17) is 10.2 Å². The summed E-state index contributed by atoms with van der Waals surface area (Å²) in [7, 11) is 0. The fourth-order valence-corrected chi connectivity index (χ4v) is 0.515. The summed E-state index contributed by atoms with van der Waals surface area (Å²) in [6.45, 7) is -1.75. The third kappa shape index (κ3) is 3.59. The Bertz CT molecular complexity index is 229. The van der Waals surface area contributed by atoms with Crippen LogP contribution in [0.15, 0.2) is 0 Å². The fraction of sp³-hybridized carbons (Fsp3) is 0.833. The number of halogens is 5. The molecule has 1 atom stereocenters. The zero-order valence-corrected chi connectivity index (χ0v) is 7.18. The summed E-state index contributed by atoms with van der Waals surface area (Å²) in [5.74, 6) is -8.08. The van der Waals surface area contributed by atoms with Gasteiger partial charge < -0.3 is 15.5 Å². The lowest BCUT2D eigenvalue weighted by Crippen LogP contribution is -2.52. The second-order valence-corrected chi connectivity index (χ2v) is 2.62. The summed E-state index contributed by atoms with van der Waals surface area (Å²) in [4.78, 5) is 10.4. The van der Waals surface area contributed by atoms with Gasteiger partial charge in [-0.05, 0) is 0 Å². The zero-order valence-electron chi connectivity index (χ0n) is 7.18. The molecule has 0 aliphatic carbocycles. The highest BCUT2D eigenvalue weighted by Crippen LogP contribution is 2.35. The molecule has 4 nitrogen and oxygen atoms in total. The molecule has 0 aromatic rings. The van der Waals surface area contributed by atoms with Crippen molar-refractivity contribution in [3.63, 3.8) is 0 Å². The predicted octanol–water partition coefficient (Wildman–Crippen LogP) is -0.347. The molecule has 0 saturated heterocycles. The maximum Gasteiger partial charge on any atom is 0.463 e. The lowest BCUT2D eigenvalue weighted by Gasteiger charge is -2.19.